The van der Waals surface area contributed by atoms with Gasteiger partial charge in [0.15, 0.2) is 0 Å². The van der Waals surface area contributed by atoms with Crippen LogP contribution >= 0.6 is 0 Å². The molecule has 20 heavy (non-hydrogen) atoms. The molecule has 0 saturated carbocycles. The number of rotatable bonds is 4. The van der Waals surface area contributed by atoms with Crippen molar-refractivity contribution in [2.45, 2.75) is 24.9 Å². The molecule has 0 fully saturated rings. The lowest BCUT2D eigenvalue weighted by Gasteiger charge is -2.13. The molecule has 0 heterocycles. The average Bonchev–Trinajstić information content (AvgIpc) is 2.24. The summed E-state index contributed by atoms with van der Waals surface area (Å²) in [4.78, 5) is 10.5. The van der Waals surface area contributed by atoms with Crippen molar-refractivity contribution in [2.75, 3.05) is 6.54 Å². The lowest BCUT2D eigenvalue weighted by Crippen LogP contribution is -2.34. The largest absolute Gasteiger partial charge is 0.478 e. The Balaban J connectivity index is 3.25. The molecule has 0 unspecified atom stereocenters. The molecule has 0 radical (unpaired) electrons. The topological polar surface area (TPSA) is 83.5 Å². The Hall–Kier alpha value is -1.61. The van der Waals surface area contributed by atoms with Gasteiger partial charge in [-0.2, -0.15) is 13.2 Å². The molecule has 0 aliphatic heterocycles. The summed E-state index contributed by atoms with van der Waals surface area (Å²) in [5.74, 6) is -1.35. The Labute approximate surface area is 113 Å². The predicted octanol–water partition coefficient (Wildman–Crippen LogP) is 1.84. The Bertz CT molecular complexity index is 638. The monoisotopic (exact) mass is 311 g/mol. The quantitative estimate of drug-likeness (QED) is 0.889. The molecule has 1 aromatic carbocycles. The van der Waals surface area contributed by atoms with E-state index in [-0.39, 0.29) is 11.1 Å². The van der Waals surface area contributed by atoms with Crippen molar-refractivity contribution in [3.05, 3.63) is 28.8 Å². The van der Waals surface area contributed by atoms with Crippen LogP contribution in [0, 0.1) is 13.8 Å². The minimum Gasteiger partial charge on any atom is -0.478 e. The minimum absolute atomic E-state index is 0.169. The van der Waals surface area contributed by atoms with Crippen LogP contribution in [0.2, 0.25) is 0 Å². The second-order valence-corrected chi connectivity index (χ2v) is 5.91. The van der Waals surface area contributed by atoms with E-state index in [4.69, 9.17) is 5.11 Å². The van der Waals surface area contributed by atoms with Gasteiger partial charge in [-0.15, -0.1) is 0 Å². The highest BCUT2D eigenvalue weighted by molar-refractivity contribution is 7.89. The third-order valence-corrected chi connectivity index (χ3v) is 4.05. The molecule has 0 aliphatic rings. The van der Waals surface area contributed by atoms with Crippen molar-refractivity contribution in [1.82, 2.24) is 4.72 Å². The summed E-state index contributed by atoms with van der Waals surface area (Å²) in [7, 11) is -4.43. The standard InChI is InChI=1S/C11H12F3NO4S/c1-6-3-7(2)9(4-8(6)10(16)17)20(18,19)15-5-11(12,13)14/h3-4,15H,5H2,1-2H3,(H,16,17). The van der Waals surface area contributed by atoms with E-state index in [1.54, 1.807) is 0 Å². The molecule has 1 rings (SSSR count). The maximum Gasteiger partial charge on any atom is 0.402 e. The third-order valence-electron chi connectivity index (χ3n) is 2.50. The fourth-order valence-electron chi connectivity index (χ4n) is 1.61. The molecule has 0 spiro atoms. The van der Waals surface area contributed by atoms with Crippen molar-refractivity contribution in [1.29, 1.82) is 0 Å². The zero-order chi connectivity index (χ0) is 15.7. The lowest BCUT2D eigenvalue weighted by atomic mass is 10.1. The highest BCUT2D eigenvalue weighted by Gasteiger charge is 2.31. The van der Waals surface area contributed by atoms with E-state index in [2.05, 4.69) is 0 Å². The van der Waals surface area contributed by atoms with Crippen LogP contribution in [0.4, 0.5) is 13.2 Å². The van der Waals surface area contributed by atoms with Gasteiger partial charge in [0, 0.05) is 0 Å². The first-order chi connectivity index (χ1) is 8.94. The van der Waals surface area contributed by atoms with E-state index in [1.165, 1.54) is 24.6 Å². The van der Waals surface area contributed by atoms with Crippen LogP contribution in [0.1, 0.15) is 21.5 Å². The molecule has 1 aromatic rings. The van der Waals surface area contributed by atoms with E-state index in [9.17, 15) is 26.4 Å². The van der Waals surface area contributed by atoms with Crippen LogP contribution in [0.5, 0.6) is 0 Å². The first kappa shape index (κ1) is 16.4. The summed E-state index contributed by atoms with van der Waals surface area (Å²) in [6.07, 6.45) is -4.69. The van der Waals surface area contributed by atoms with Crippen molar-refractivity contribution in [2.24, 2.45) is 0 Å². The average molecular weight is 311 g/mol. The second-order valence-electron chi connectivity index (χ2n) is 4.18. The summed E-state index contributed by atoms with van der Waals surface area (Å²) in [5, 5.41) is 8.91. The zero-order valence-corrected chi connectivity index (χ0v) is 11.4. The van der Waals surface area contributed by atoms with Gasteiger partial charge < -0.3 is 5.11 Å². The molecular formula is C11H12F3NO4S. The highest BCUT2D eigenvalue weighted by atomic mass is 32.2. The van der Waals surface area contributed by atoms with Gasteiger partial charge in [-0.25, -0.2) is 17.9 Å². The number of hydrogen-bond acceptors (Lipinski definition) is 3. The van der Waals surface area contributed by atoms with Crippen LogP contribution in [-0.4, -0.2) is 32.2 Å². The molecular weight excluding hydrogens is 299 g/mol. The minimum atomic E-state index is -4.69. The van der Waals surface area contributed by atoms with Crippen LogP contribution in [0.3, 0.4) is 0 Å². The van der Waals surface area contributed by atoms with Gasteiger partial charge in [0.05, 0.1) is 10.5 Å². The number of aryl methyl sites for hydroxylation is 2. The molecule has 0 bridgehead atoms. The number of carboxylic acids is 1. The summed E-state index contributed by atoms with van der Waals surface area (Å²) in [5.41, 5.74) is 0.218. The number of carboxylic acid groups (broad SMARTS) is 1. The van der Waals surface area contributed by atoms with Gasteiger partial charge in [0.25, 0.3) is 0 Å². The second kappa shape index (κ2) is 5.41. The van der Waals surface area contributed by atoms with Gasteiger partial charge in [-0.1, -0.05) is 6.07 Å². The fourth-order valence-corrected chi connectivity index (χ4v) is 2.87. The molecule has 112 valence electrons. The Morgan fingerprint density at radius 3 is 2.25 bits per heavy atom. The number of nitrogens with one attached hydrogen (secondary N) is 1. The fraction of sp³-hybridized carbons (Fsp3) is 0.364. The van der Waals surface area contributed by atoms with Crippen LogP contribution in [0.15, 0.2) is 17.0 Å². The Kier molecular flexibility index (Phi) is 4.45. The van der Waals surface area contributed by atoms with Crippen molar-refractivity contribution < 1.29 is 31.5 Å². The molecule has 0 atom stereocenters. The summed E-state index contributed by atoms with van der Waals surface area (Å²) < 4.78 is 61.1. The number of alkyl halides is 3. The Morgan fingerprint density at radius 1 is 1.25 bits per heavy atom. The van der Waals surface area contributed by atoms with Gasteiger partial charge in [0.2, 0.25) is 10.0 Å². The number of hydrogen-bond donors (Lipinski definition) is 2. The van der Waals surface area contributed by atoms with Crippen LogP contribution in [-0.2, 0) is 10.0 Å². The molecule has 0 amide bonds. The first-order valence-corrected chi connectivity index (χ1v) is 6.83. The number of sulfonamides is 1. The SMILES string of the molecule is Cc1cc(C)c(S(=O)(=O)NCC(F)(F)F)cc1C(=O)O. The number of benzene rings is 1. The zero-order valence-electron chi connectivity index (χ0n) is 10.6. The molecule has 9 heteroatoms. The first-order valence-electron chi connectivity index (χ1n) is 5.35. The van der Waals surface area contributed by atoms with E-state index in [1.807, 2.05) is 0 Å². The summed E-state index contributed by atoms with van der Waals surface area (Å²) in [6.45, 7) is 1.13. The third kappa shape index (κ3) is 3.94. The number of carbonyl (C=O) groups is 1. The van der Waals surface area contributed by atoms with Crippen LogP contribution in [0.25, 0.3) is 0 Å². The van der Waals surface area contributed by atoms with Gasteiger partial charge in [-0.05, 0) is 31.0 Å². The lowest BCUT2D eigenvalue weighted by molar-refractivity contribution is -0.121. The van der Waals surface area contributed by atoms with E-state index in [0.29, 0.717) is 5.56 Å². The van der Waals surface area contributed by atoms with E-state index < -0.39 is 33.6 Å². The molecule has 5 nitrogen and oxygen atoms in total. The van der Waals surface area contributed by atoms with Gasteiger partial charge in [0.1, 0.15) is 6.54 Å². The maximum absolute atomic E-state index is 12.1. The number of halogens is 3. The van der Waals surface area contributed by atoms with Gasteiger partial charge in [-0.3, -0.25) is 0 Å². The number of aromatic carboxylic acids is 1. The van der Waals surface area contributed by atoms with E-state index >= 15 is 0 Å². The van der Waals surface area contributed by atoms with Crippen molar-refractivity contribution in [3.63, 3.8) is 0 Å². The predicted molar refractivity (Wildman–Crippen MR) is 64.1 cm³/mol. The molecule has 0 aliphatic carbocycles. The van der Waals surface area contributed by atoms with E-state index in [0.717, 1.165) is 6.07 Å². The normalized spacial score (nSPS) is 12.4. The van der Waals surface area contributed by atoms with Crippen molar-refractivity contribution >= 4 is 16.0 Å². The van der Waals surface area contributed by atoms with Crippen LogP contribution < -0.4 is 4.72 Å². The summed E-state index contributed by atoms with van der Waals surface area (Å²) >= 11 is 0. The molecule has 0 saturated heterocycles. The maximum atomic E-state index is 12.1. The Morgan fingerprint density at radius 2 is 1.80 bits per heavy atom. The highest BCUT2D eigenvalue weighted by Crippen LogP contribution is 2.21. The smallest absolute Gasteiger partial charge is 0.402 e. The van der Waals surface area contributed by atoms with Crippen molar-refractivity contribution in [3.8, 4) is 0 Å². The van der Waals surface area contributed by atoms with Gasteiger partial charge >= 0.3 is 12.1 Å². The summed E-state index contributed by atoms with van der Waals surface area (Å²) in [6, 6.07) is 2.15. The molecule has 0 aromatic heterocycles. The molecule has 2 N–H and O–H groups in total.